The summed E-state index contributed by atoms with van der Waals surface area (Å²) in [5.74, 6) is 1.37. The van der Waals surface area contributed by atoms with Gasteiger partial charge < -0.3 is 10.2 Å². The molecule has 0 bridgehead atoms. The van der Waals surface area contributed by atoms with E-state index in [1.165, 1.54) is 6.92 Å². The van der Waals surface area contributed by atoms with Gasteiger partial charge in [0.25, 0.3) is 5.91 Å². The SMILES string of the molecule is CC(=O)NC[C@@H]1CCN(C(=O)c2cc(C3CC3)nc3c2c(C)nn3-c2ccccn2)C1. The van der Waals surface area contributed by atoms with E-state index < -0.39 is 0 Å². The molecule has 8 heteroatoms. The summed E-state index contributed by atoms with van der Waals surface area (Å²) in [4.78, 5) is 36.1. The summed E-state index contributed by atoms with van der Waals surface area (Å²) in [5.41, 5.74) is 3.10. The summed E-state index contributed by atoms with van der Waals surface area (Å²) in [6.07, 6.45) is 4.83. The number of aryl methyl sites for hydroxylation is 1. The molecule has 1 saturated carbocycles. The lowest BCUT2D eigenvalue weighted by Gasteiger charge is -2.18. The third-order valence-electron chi connectivity index (χ3n) is 6.14. The highest BCUT2D eigenvalue weighted by molar-refractivity contribution is 6.07. The first-order valence-electron chi connectivity index (χ1n) is 10.9. The number of amides is 2. The van der Waals surface area contributed by atoms with Crippen LogP contribution in [0.5, 0.6) is 0 Å². The lowest BCUT2D eigenvalue weighted by atomic mass is 10.1. The molecule has 1 N–H and O–H groups in total. The molecule has 0 unspecified atom stereocenters. The maximum atomic E-state index is 13.6. The number of fused-ring (bicyclic) bond motifs is 1. The van der Waals surface area contributed by atoms with Gasteiger partial charge in [-0.2, -0.15) is 9.78 Å². The van der Waals surface area contributed by atoms with Crippen LogP contribution in [0.4, 0.5) is 0 Å². The number of hydrogen-bond donors (Lipinski definition) is 1. The van der Waals surface area contributed by atoms with Crippen LogP contribution in [0.2, 0.25) is 0 Å². The fourth-order valence-electron chi connectivity index (χ4n) is 4.35. The van der Waals surface area contributed by atoms with Crippen LogP contribution in [0.3, 0.4) is 0 Å². The van der Waals surface area contributed by atoms with Crippen molar-refractivity contribution in [3.05, 3.63) is 47.4 Å². The van der Waals surface area contributed by atoms with Crippen LogP contribution < -0.4 is 5.32 Å². The number of hydrogen-bond acceptors (Lipinski definition) is 5. The molecule has 0 aromatic carbocycles. The van der Waals surface area contributed by atoms with Crippen molar-refractivity contribution in [3.8, 4) is 5.82 Å². The summed E-state index contributed by atoms with van der Waals surface area (Å²) in [7, 11) is 0. The monoisotopic (exact) mass is 418 g/mol. The van der Waals surface area contributed by atoms with Gasteiger partial charge >= 0.3 is 0 Å². The number of aromatic nitrogens is 4. The molecule has 0 radical (unpaired) electrons. The van der Waals surface area contributed by atoms with Crippen LogP contribution in [0, 0.1) is 12.8 Å². The minimum absolute atomic E-state index is 0.0169. The van der Waals surface area contributed by atoms with Crippen LogP contribution in [0.25, 0.3) is 16.9 Å². The molecule has 3 aromatic heterocycles. The van der Waals surface area contributed by atoms with Crippen molar-refractivity contribution in [1.82, 2.24) is 30.0 Å². The Morgan fingerprint density at radius 1 is 1.23 bits per heavy atom. The Bertz CT molecular complexity index is 1150. The van der Waals surface area contributed by atoms with E-state index >= 15 is 0 Å². The van der Waals surface area contributed by atoms with Crippen LogP contribution in [-0.2, 0) is 4.79 Å². The van der Waals surface area contributed by atoms with Crippen molar-refractivity contribution in [2.75, 3.05) is 19.6 Å². The van der Waals surface area contributed by atoms with Gasteiger partial charge in [0, 0.05) is 44.4 Å². The number of likely N-dealkylation sites (tertiary alicyclic amines) is 1. The fraction of sp³-hybridized carbons (Fsp3) is 0.435. The molecule has 2 aliphatic rings. The van der Waals surface area contributed by atoms with E-state index in [1.807, 2.05) is 36.1 Å². The molecule has 1 aliphatic heterocycles. The topological polar surface area (TPSA) is 93.0 Å². The average molecular weight is 419 g/mol. The normalized spacial score (nSPS) is 18.5. The predicted molar refractivity (Wildman–Crippen MR) is 116 cm³/mol. The number of carbonyl (C=O) groups is 2. The molecule has 0 spiro atoms. The fourth-order valence-corrected chi connectivity index (χ4v) is 4.35. The molecule has 4 heterocycles. The second kappa shape index (κ2) is 7.76. The first kappa shape index (κ1) is 19.7. The number of rotatable bonds is 5. The van der Waals surface area contributed by atoms with Crippen molar-refractivity contribution in [3.63, 3.8) is 0 Å². The summed E-state index contributed by atoms with van der Waals surface area (Å²) in [6, 6.07) is 7.65. The summed E-state index contributed by atoms with van der Waals surface area (Å²) in [6.45, 7) is 5.39. The molecule has 160 valence electrons. The predicted octanol–water partition coefficient (Wildman–Crippen LogP) is 2.60. The Morgan fingerprint density at radius 3 is 2.77 bits per heavy atom. The average Bonchev–Trinajstić information content (AvgIpc) is 3.43. The van der Waals surface area contributed by atoms with Crippen molar-refractivity contribution < 1.29 is 9.59 Å². The first-order valence-corrected chi connectivity index (χ1v) is 10.9. The molecule has 5 rings (SSSR count). The standard InChI is InChI=1S/C23H26N6O2/c1-14-21-18(23(31)28-10-8-16(13-28)12-25-15(2)30)11-19(17-6-7-17)26-22(21)29(27-14)20-5-3-4-9-24-20/h3-5,9,11,16-17H,6-8,10,12-13H2,1-2H3,(H,25,30)/t16-/m0/s1. The highest BCUT2D eigenvalue weighted by Gasteiger charge is 2.32. The van der Waals surface area contributed by atoms with E-state index in [9.17, 15) is 9.59 Å². The Balaban J connectivity index is 1.53. The Hall–Kier alpha value is -3.29. The summed E-state index contributed by atoms with van der Waals surface area (Å²) < 4.78 is 1.75. The van der Waals surface area contributed by atoms with E-state index in [0.717, 1.165) is 36.0 Å². The summed E-state index contributed by atoms with van der Waals surface area (Å²) in [5, 5.41) is 8.36. The molecule has 1 atom stereocenters. The van der Waals surface area contributed by atoms with Gasteiger partial charge in [-0.15, -0.1) is 0 Å². The maximum Gasteiger partial charge on any atom is 0.254 e. The number of nitrogens with zero attached hydrogens (tertiary/aromatic N) is 5. The van der Waals surface area contributed by atoms with Crippen molar-refractivity contribution in [1.29, 1.82) is 0 Å². The van der Waals surface area contributed by atoms with Crippen molar-refractivity contribution >= 4 is 22.8 Å². The quantitative estimate of drug-likeness (QED) is 0.688. The molecule has 8 nitrogen and oxygen atoms in total. The van der Waals surface area contributed by atoms with Crippen molar-refractivity contribution in [2.45, 2.75) is 39.0 Å². The van der Waals surface area contributed by atoms with E-state index in [1.54, 1.807) is 10.9 Å². The second-order valence-electron chi connectivity index (χ2n) is 8.60. The third-order valence-corrected chi connectivity index (χ3v) is 6.14. The minimum Gasteiger partial charge on any atom is -0.356 e. The van der Waals surface area contributed by atoms with E-state index in [0.29, 0.717) is 42.6 Å². The van der Waals surface area contributed by atoms with Gasteiger partial charge in [-0.05, 0) is 50.3 Å². The van der Waals surface area contributed by atoms with Gasteiger partial charge in [0.05, 0.1) is 16.6 Å². The zero-order chi connectivity index (χ0) is 21.5. The third kappa shape index (κ3) is 3.78. The molecule has 3 aromatic rings. The maximum absolute atomic E-state index is 13.6. The van der Waals surface area contributed by atoms with Crippen LogP contribution in [0.1, 0.15) is 53.8 Å². The van der Waals surface area contributed by atoms with Gasteiger partial charge in [0.15, 0.2) is 11.5 Å². The molecular formula is C23H26N6O2. The molecule has 1 saturated heterocycles. The number of pyridine rings is 2. The molecular weight excluding hydrogens is 392 g/mol. The Morgan fingerprint density at radius 2 is 2.06 bits per heavy atom. The Labute approximate surface area is 180 Å². The smallest absolute Gasteiger partial charge is 0.254 e. The molecule has 31 heavy (non-hydrogen) atoms. The number of carbonyl (C=O) groups excluding carboxylic acids is 2. The first-order chi connectivity index (χ1) is 15.0. The van der Waals surface area contributed by atoms with Crippen molar-refractivity contribution in [2.24, 2.45) is 5.92 Å². The largest absolute Gasteiger partial charge is 0.356 e. The zero-order valence-corrected chi connectivity index (χ0v) is 17.8. The highest BCUT2D eigenvalue weighted by atomic mass is 16.2. The minimum atomic E-state index is -0.0349. The number of nitrogens with one attached hydrogen (secondary N) is 1. The van der Waals surface area contributed by atoms with Crippen LogP contribution in [-0.4, -0.2) is 56.1 Å². The highest BCUT2D eigenvalue weighted by Crippen LogP contribution is 2.41. The van der Waals surface area contributed by atoms with Crippen LogP contribution >= 0.6 is 0 Å². The lowest BCUT2D eigenvalue weighted by Crippen LogP contribution is -2.32. The second-order valence-corrected chi connectivity index (χ2v) is 8.60. The van der Waals surface area contributed by atoms with Crippen LogP contribution in [0.15, 0.2) is 30.5 Å². The molecule has 2 amide bonds. The van der Waals surface area contributed by atoms with Gasteiger partial charge in [0.1, 0.15) is 0 Å². The van der Waals surface area contributed by atoms with Gasteiger partial charge in [0.2, 0.25) is 5.91 Å². The lowest BCUT2D eigenvalue weighted by molar-refractivity contribution is -0.119. The molecule has 2 fully saturated rings. The van der Waals surface area contributed by atoms with E-state index in [4.69, 9.17) is 4.98 Å². The van der Waals surface area contributed by atoms with Gasteiger partial charge in [-0.3, -0.25) is 9.59 Å². The van der Waals surface area contributed by atoms with E-state index in [-0.39, 0.29) is 17.7 Å². The van der Waals surface area contributed by atoms with E-state index in [2.05, 4.69) is 15.4 Å². The molecule has 1 aliphatic carbocycles. The summed E-state index contributed by atoms with van der Waals surface area (Å²) >= 11 is 0. The zero-order valence-electron chi connectivity index (χ0n) is 17.8. The van der Waals surface area contributed by atoms with Gasteiger partial charge in [-0.25, -0.2) is 9.97 Å². The van der Waals surface area contributed by atoms with Gasteiger partial charge in [-0.1, -0.05) is 6.07 Å². The Kier molecular flexibility index (Phi) is 4.92.